The fraction of sp³-hybridized carbons (Fsp3) is 0.438. The molecule has 1 aromatic carbocycles. The van der Waals surface area contributed by atoms with Crippen molar-refractivity contribution in [1.29, 1.82) is 0 Å². The Kier molecular flexibility index (Phi) is 3.59. The second-order valence-corrected chi connectivity index (χ2v) is 5.57. The molecule has 1 aliphatic carbocycles. The van der Waals surface area contributed by atoms with Crippen molar-refractivity contribution < 1.29 is 5.11 Å². The van der Waals surface area contributed by atoms with Crippen molar-refractivity contribution in [2.75, 3.05) is 6.54 Å². The smallest absolute Gasteiger partial charge is 0.120 e. The van der Waals surface area contributed by atoms with Gasteiger partial charge in [-0.15, -0.1) is 0 Å². The number of rotatable bonds is 4. The van der Waals surface area contributed by atoms with E-state index < -0.39 is 5.60 Å². The molecule has 1 aliphatic rings. The normalized spacial score (nSPS) is 17.5. The van der Waals surface area contributed by atoms with Crippen molar-refractivity contribution in [3.8, 4) is 0 Å². The van der Waals surface area contributed by atoms with E-state index in [0.29, 0.717) is 6.54 Å². The number of imidazole rings is 1. The number of benzene rings is 1. The number of nitrogens with zero attached hydrogens (tertiary/aromatic N) is 2. The highest BCUT2D eigenvalue weighted by atomic mass is 16.3. The van der Waals surface area contributed by atoms with Crippen LogP contribution < -0.4 is 5.73 Å². The molecule has 3 rings (SSSR count). The van der Waals surface area contributed by atoms with Crippen LogP contribution in [-0.2, 0) is 25.0 Å². The van der Waals surface area contributed by atoms with Crippen molar-refractivity contribution in [2.24, 2.45) is 5.73 Å². The van der Waals surface area contributed by atoms with Crippen LogP contribution in [0.3, 0.4) is 0 Å². The Labute approximate surface area is 119 Å². The molecule has 1 unspecified atom stereocenters. The van der Waals surface area contributed by atoms with Gasteiger partial charge in [-0.2, -0.15) is 0 Å². The monoisotopic (exact) mass is 271 g/mol. The minimum absolute atomic E-state index is 0.198. The van der Waals surface area contributed by atoms with Crippen molar-refractivity contribution in [3.05, 3.63) is 53.6 Å². The SMILES string of the molecule is NCC(O)(Cn1cnc2c1CCCC2)c1ccccc1. The van der Waals surface area contributed by atoms with Gasteiger partial charge in [0.2, 0.25) is 0 Å². The average Bonchev–Trinajstić information content (AvgIpc) is 2.91. The lowest BCUT2D eigenvalue weighted by Crippen LogP contribution is -2.39. The molecule has 0 amide bonds. The van der Waals surface area contributed by atoms with Crippen LogP contribution in [-0.4, -0.2) is 21.2 Å². The number of hydrogen-bond donors (Lipinski definition) is 2. The molecule has 106 valence electrons. The van der Waals surface area contributed by atoms with Gasteiger partial charge in [0.25, 0.3) is 0 Å². The zero-order chi connectivity index (χ0) is 14.0. The lowest BCUT2D eigenvalue weighted by atomic mass is 9.93. The van der Waals surface area contributed by atoms with E-state index in [0.717, 1.165) is 18.4 Å². The summed E-state index contributed by atoms with van der Waals surface area (Å²) in [7, 11) is 0. The molecule has 4 nitrogen and oxygen atoms in total. The highest BCUT2D eigenvalue weighted by molar-refractivity contribution is 5.24. The Hall–Kier alpha value is -1.65. The molecule has 0 aliphatic heterocycles. The van der Waals surface area contributed by atoms with Gasteiger partial charge < -0.3 is 15.4 Å². The first-order valence-electron chi connectivity index (χ1n) is 7.24. The molecule has 0 fully saturated rings. The van der Waals surface area contributed by atoms with Crippen LogP contribution in [0.5, 0.6) is 0 Å². The quantitative estimate of drug-likeness (QED) is 0.888. The number of aromatic nitrogens is 2. The first-order valence-corrected chi connectivity index (χ1v) is 7.24. The number of aryl methyl sites for hydroxylation is 1. The number of fused-ring (bicyclic) bond motifs is 1. The Bertz CT molecular complexity index is 579. The Morgan fingerprint density at radius 2 is 1.95 bits per heavy atom. The van der Waals surface area contributed by atoms with Gasteiger partial charge in [-0.3, -0.25) is 0 Å². The molecule has 0 spiro atoms. The Balaban J connectivity index is 1.90. The maximum absolute atomic E-state index is 10.9. The van der Waals surface area contributed by atoms with Gasteiger partial charge in [-0.1, -0.05) is 30.3 Å². The molecule has 4 heteroatoms. The van der Waals surface area contributed by atoms with Crippen LogP contribution in [0.4, 0.5) is 0 Å². The zero-order valence-corrected chi connectivity index (χ0v) is 11.6. The van der Waals surface area contributed by atoms with Crippen molar-refractivity contribution in [2.45, 2.75) is 37.8 Å². The summed E-state index contributed by atoms with van der Waals surface area (Å²) >= 11 is 0. The van der Waals surface area contributed by atoms with E-state index in [2.05, 4.69) is 9.55 Å². The standard InChI is InChI=1S/C16H21N3O/c17-10-16(20,13-6-2-1-3-7-13)11-19-12-18-14-8-4-5-9-15(14)19/h1-3,6-7,12,20H,4-5,8-11,17H2. The summed E-state index contributed by atoms with van der Waals surface area (Å²) < 4.78 is 2.08. The molecule has 0 saturated carbocycles. The van der Waals surface area contributed by atoms with Crippen LogP contribution in [0.2, 0.25) is 0 Å². The van der Waals surface area contributed by atoms with Gasteiger partial charge >= 0.3 is 0 Å². The minimum Gasteiger partial charge on any atom is -0.382 e. The number of aliphatic hydroxyl groups is 1. The van der Waals surface area contributed by atoms with Crippen molar-refractivity contribution in [1.82, 2.24) is 9.55 Å². The number of hydrogen-bond acceptors (Lipinski definition) is 3. The summed E-state index contributed by atoms with van der Waals surface area (Å²) in [6, 6.07) is 9.66. The summed E-state index contributed by atoms with van der Waals surface area (Å²) in [4.78, 5) is 4.48. The van der Waals surface area contributed by atoms with Crippen LogP contribution in [0, 0.1) is 0 Å². The molecule has 3 N–H and O–H groups in total. The van der Waals surface area contributed by atoms with Crippen LogP contribution in [0.15, 0.2) is 36.7 Å². The largest absolute Gasteiger partial charge is 0.382 e. The fourth-order valence-corrected chi connectivity index (χ4v) is 2.97. The van der Waals surface area contributed by atoms with E-state index in [-0.39, 0.29) is 6.54 Å². The Morgan fingerprint density at radius 1 is 1.20 bits per heavy atom. The van der Waals surface area contributed by atoms with E-state index in [1.807, 2.05) is 36.7 Å². The van der Waals surface area contributed by atoms with Crippen molar-refractivity contribution in [3.63, 3.8) is 0 Å². The van der Waals surface area contributed by atoms with Crippen molar-refractivity contribution >= 4 is 0 Å². The minimum atomic E-state index is -1.03. The molecule has 1 heterocycles. The zero-order valence-electron chi connectivity index (χ0n) is 11.6. The molecule has 2 aromatic rings. The summed E-state index contributed by atoms with van der Waals surface area (Å²) in [5.41, 5.74) is 8.12. The summed E-state index contributed by atoms with van der Waals surface area (Å²) in [5, 5.41) is 10.9. The third-order valence-electron chi connectivity index (χ3n) is 4.19. The Morgan fingerprint density at radius 3 is 2.70 bits per heavy atom. The third kappa shape index (κ3) is 2.37. The first-order chi connectivity index (χ1) is 9.73. The predicted octanol–water partition coefficient (Wildman–Crippen LogP) is 1.61. The summed E-state index contributed by atoms with van der Waals surface area (Å²) in [6.07, 6.45) is 6.36. The highest BCUT2D eigenvalue weighted by Crippen LogP contribution is 2.26. The lowest BCUT2D eigenvalue weighted by Gasteiger charge is -2.29. The van der Waals surface area contributed by atoms with Crippen LogP contribution in [0.1, 0.15) is 29.8 Å². The second-order valence-electron chi connectivity index (χ2n) is 5.57. The maximum Gasteiger partial charge on any atom is 0.120 e. The summed E-state index contributed by atoms with van der Waals surface area (Å²) in [6.45, 7) is 0.666. The van der Waals surface area contributed by atoms with E-state index in [1.54, 1.807) is 0 Å². The third-order valence-corrected chi connectivity index (χ3v) is 4.19. The van der Waals surface area contributed by atoms with Gasteiger partial charge in [-0.05, 0) is 31.2 Å². The molecule has 20 heavy (non-hydrogen) atoms. The van der Waals surface area contributed by atoms with Gasteiger partial charge in [-0.25, -0.2) is 4.98 Å². The van der Waals surface area contributed by atoms with Gasteiger partial charge in [0.15, 0.2) is 0 Å². The van der Waals surface area contributed by atoms with E-state index in [1.165, 1.54) is 24.2 Å². The van der Waals surface area contributed by atoms with Gasteiger partial charge in [0.1, 0.15) is 5.60 Å². The predicted molar refractivity (Wildman–Crippen MR) is 78.3 cm³/mol. The van der Waals surface area contributed by atoms with Gasteiger partial charge in [0.05, 0.1) is 18.6 Å². The average molecular weight is 271 g/mol. The van der Waals surface area contributed by atoms with E-state index in [4.69, 9.17) is 5.73 Å². The van der Waals surface area contributed by atoms with Crippen LogP contribution >= 0.6 is 0 Å². The maximum atomic E-state index is 10.9. The fourth-order valence-electron chi connectivity index (χ4n) is 2.97. The summed E-state index contributed by atoms with van der Waals surface area (Å²) in [5.74, 6) is 0. The molecule has 0 bridgehead atoms. The molecule has 0 saturated heterocycles. The molecular formula is C16H21N3O. The molecule has 1 atom stereocenters. The highest BCUT2D eigenvalue weighted by Gasteiger charge is 2.29. The topological polar surface area (TPSA) is 64.1 Å². The number of nitrogens with two attached hydrogens (primary N) is 1. The van der Waals surface area contributed by atoms with E-state index >= 15 is 0 Å². The molecule has 1 aromatic heterocycles. The first kappa shape index (κ1) is 13.3. The van der Waals surface area contributed by atoms with Gasteiger partial charge in [0, 0.05) is 12.2 Å². The van der Waals surface area contributed by atoms with E-state index in [9.17, 15) is 5.11 Å². The van der Waals surface area contributed by atoms with Crippen LogP contribution in [0.25, 0.3) is 0 Å². The second kappa shape index (κ2) is 5.38. The lowest BCUT2D eigenvalue weighted by molar-refractivity contribution is 0.0267. The molecular weight excluding hydrogens is 250 g/mol. The molecule has 0 radical (unpaired) electrons.